The number of ether oxygens (including phenoxy) is 2. The highest BCUT2D eigenvalue weighted by atomic mass is 35.5. The topological polar surface area (TPSA) is 88.1 Å². The van der Waals surface area contributed by atoms with Crippen LogP contribution in [0, 0.1) is 0 Å². The lowest BCUT2D eigenvalue weighted by Gasteiger charge is -2.22. The Bertz CT molecular complexity index is 924. The van der Waals surface area contributed by atoms with Crippen LogP contribution in [0.15, 0.2) is 36.7 Å². The van der Waals surface area contributed by atoms with E-state index < -0.39 is 0 Å². The van der Waals surface area contributed by atoms with Crippen molar-refractivity contribution in [2.45, 2.75) is 19.4 Å². The number of nitrogens with zero attached hydrogens (tertiary/aromatic N) is 5. The molecule has 3 amide bonds. The summed E-state index contributed by atoms with van der Waals surface area (Å²) in [5.41, 5.74) is 0.793. The van der Waals surface area contributed by atoms with E-state index in [0.717, 1.165) is 11.4 Å². The van der Waals surface area contributed by atoms with Crippen LogP contribution in [0.5, 0.6) is 11.8 Å². The fourth-order valence-corrected chi connectivity index (χ4v) is 3.78. The molecule has 2 fully saturated rings. The van der Waals surface area contributed by atoms with Crippen LogP contribution in [-0.2, 0) is 4.79 Å². The number of halogens is 1. The van der Waals surface area contributed by atoms with Crippen molar-refractivity contribution in [1.82, 2.24) is 19.8 Å². The SMILES string of the molecule is CCOc1ccc(N2CCN(CC(=O)N3CC[C@H](Oc4ncc(Cl)cn4)C3)C2=O)cc1. The molecule has 1 atom stereocenters. The Balaban J connectivity index is 1.29. The Labute approximate surface area is 185 Å². The predicted octanol–water partition coefficient (Wildman–Crippen LogP) is 2.45. The van der Waals surface area contributed by atoms with Crippen LogP contribution >= 0.6 is 11.6 Å². The van der Waals surface area contributed by atoms with Gasteiger partial charge in [0.15, 0.2) is 0 Å². The second-order valence-corrected chi connectivity index (χ2v) is 7.77. The van der Waals surface area contributed by atoms with E-state index in [-0.39, 0.29) is 30.6 Å². The number of benzene rings is 1. The van der Waals surface area contributed by atoms with Crippen LogP contribution in [0.1, 0.15) is 13.3 Å². The average molecular weight is 446 g/mol. The fourth-order valence-electron chi connectivity index (χ4n) is 3.68. The van der Waals surface area contributed by atoms with Crippen molar-refractivity contribution < 1.29 is 19.1 Å². The summed E-state index contributed by atoms with van der Waals surface area (Å²) < 4.78 is 11.2. The van der Waals surface area contributed by atoms with E-state index in [0.29, 0.717) is 44.2 Å². The molecule has 9 nitrogen and oxygen atoms in total. The highest BCUT2D eigenvalue weighted by Crippen LogP contribution is 2.24. The summed E-state index contributed by atoms with van der Waals surface area (Å²) in [4.78, 5) is 38.6. The van der Waals surface area contributed by atoms with Gasteiger partial charge in [-0.25, -0.2) is 14.8 Å². The number of urea groups is 1. The second-order valence-electron chi connectivity index (χ2n) is 7.33. The molecule has 164 valence electrons. The Morgan fingerprint density at radius 2 is 1.90 bits per heavy atom. The molecular formula is C21H24ClN5O4. The minimum Gasteiger partial charge on any atom is -0.494 e. The molecule has 0 aliphatic carbocycles. The summed E-state index contributed by atoms with van der Waals surface area (Å²) in [5, 5.41) is 0.435. The lowest BCUT2D eigenvalue weighted by molar-refractivity contribution is -0.130. The van der Waals surface area contributed by atoms with E-state index in [1.165, 1.54) is 12.4 Å². The van der Waals surface area contributed by atoms with E-state index in [1.807, 2.05) is 31.2 Å². The zero-order chi connectivity index (χ0) is 21.8. The van der Waals surface area contributed by atoms with Crippen LogP contribution in [0.3, 0.4) is 0 Å². The van der Waals surface area contributed by atoms with E-state index in [4.69, 9.17) is 21.1 Å². The summed E-state index contributed by atoms with van der Waals surface area (Å²) in [6.07, 6.45) is 3.44. The van der Waals surface area contributed by atoms with Crippen molar-refractivity contribution in [1.29, 1.82) is 0 Å². The Morgan fingerprint density at radius 3 is 2.61 bits per heavy atom. The number of likely N-dealkylation sites (tertiary alicyclic amines) is 1. The minimum absolute atomic E-state index is 0.0521. The third-order valence-electron chi connectivity index (χ3n) is 5.25. The van der Waals surface area contributed by atoms with Crippen molar-refractivity contribution in [3.63, 3.8) is 0 Å². The van der Waals surface area contributed by atoms with Gasteiger partial charge in [-0.15, -0.1) is 0 Å². The molecule has 4 rings (SSSR count). The molecule has 3 heterocycles. The third-order valence-corrected chi connectivity index (χ3v) is 5.44. The van der Waals surface area contributed by atoms with Gasteiger partial charge in [-0.2, -0.15) is 0 Å². The van der Waals surface area contributed by atoms with Crippen molar-refractivity contribution in [3.05, 3.63) is 41.7 Å². The van der Waals surface area contributed by atoms with Crippen LogP contribution in [0.2, 0.25) is 5.02 Å². The molecule has 0 unspecified atom stereocenters. The van der Waals surface area contributed by atoms with Crippen molar-refractivity contribution in [2.24, 2.45) is 0 Å². The van der Waals surface area contributed by atoms with Crippen LogP contribution in [0.25, 0.3) is 0 Å². The number of hydrogen-bond donors (Lipinski definition) is 0. The van der Waals surface area contributed by atoms with Gasteiger partial charge < -0.3 is 19.3 Å². The molecule has 0 bridgehead atoms. The predicted molar refractivity (Wildman–Crippen MR) is 115 cm³/mol. The van der Waals surface area contributed by atoms with E-state index >= 15 is 0 Å². The first kappa shape index (κ1) is 21.2. The maximum Gasteiger partial charge on any atom is 0.325 e. The highest BCUT2D eigenvalue weighted by Gasteiger charge is 2.34. The van der Waals surface area contributed by atoms with Gasteiger partial charge in [-0.05, 0) is 31.2 Å². The quantitative estimate of drug-likeness (QED) is 0.650. The lowest BCUT2D eigenvalue weighted by Crippen LogP contribution is -2.42. The Hall–Kier alpha value is -3.07. The van der Waals surface area contributed by atoms with Gasteiger partial charge in [-0.3, -0.25) is 9.69 Å². The normalized spacial score (nSPS) is 18.6. The Morgan fingerprint density at radius 1 is 1.16 bits per heavy atom. The first-order valence-electron chi connectivity index (χ1n) is 10.2. The van der Waals surface area contributed by atoms with Gasteiger partial charge in [-0.1, -0.05) is 11.6 Å². The number of carbonyl (C=O) groups is 2. The van der Waals surface area contributed by atoms with Crippen molar-refractivity contribution in [2.75, 3.05) is 44.2 Å². The molecule has 0 saturated carbocycles. The maximum atomic E-state index is 12.8. The average Bonchev–Trinajstić information content (AvgIpc) is 3.38. The lowest BCUT2D eigenvalue weighted by atomic mass is 10.3. The number of anilines is 1. The number of amides is 3. The highest BCUT2D eigenvalue weighted by molar-refractivity contribution is 6.30. The first-order chi connectivity index (χ1) is 15.0. The van der Waals surface area contributed by atoms with Gasteiger partial charge in [0.25, 0.3) is 0 Å². The number of carbonyl (C=O) groups excluding carboxylic acids is 2. The fraction of sp³-hybridized carbons (Fsp3) is 0.429. The van der Waals surface area contributed by atoms with Crippen molar-refractivity contribution in [3.8, 4) is 11.8 Å². The second kappa shape index (κ2) is 9.38. The molecule has 10 heteroatoms. The van der Waals surface area contributed by atoms with Gasteiger partial charge in [0.2, 0.25) is 5.91 Å². The number of rotatable bonds is 7. The van der Waals surface area contributed by atoms with Crippen LogP contribution in [-0.4, -0.2) is 77.1 Å². The zero-order valence-corrected chi connectivity index (χ0v) is 18.0. The summed E-state index contributed by atoms with van der Waals surface area (Å²) in [6.45, 7) is 4.62. The summed E-state index contributed by atoms with van der Waals surface area (Å²) in [7, 11) is 0. The number of hydrogen-bond acceptors (Lipinski definition) is 6. The Kier molecular flexibility index (Phi) is 6.41. The smallest absolute Gasteiger partial charge is 0.325 e. The molecule has 2 aliphatic rings. The largest absolute Gasteiger partial charge is 0.494 e. The molecule has 0 spiro atoms. The first-order valence-corrected chi connectivity index (χ1v) is 10.6. The molecule has 31 heavy (non-hydrogen) atoms. The van der Waals surface area contributed by atoms with Crippen LogP contribution in [0.4, 0.5) is 10.5 Å². The van der Waals surface area contributed by atoms with Gasteiger partial charge in [0, 0.05) is 31.7 Å². The molecule has 2 saturated heterocycles. The summed E-state index contributed by atoms with van der Waals surface area (Å²) in [5.74, 6) is 0.671. The van der Waals surface area contributed by atoms with Gasteiger partial charge in [0.05, 0.1) is 30.6 Å². The molecule has 1 aromatic carbocycles. The standard InChI is InChI=1S/C21H24ClN5O4/c1-2-30-17-5-3-16(4-6-17)27-10-9-26(21(27)29)14-19(28)25-8-7-18(13-25)31-20-23-11-15(22)12-24-20/h3-6,11-12,18H,2,7-10,13-14H2,1H3/t18-/m0/s1. The van der Waals surface area contributed by atoms with Crippen molar-refractivity contribution >= 4 is 29.2 Å². The van der Waals surface area contributed by atoms with Gasteiger partial charge >= 0.3 is 12.0 Å². The minimum atomic E-state index is -0.181. The maximum absolute atomic E-state index is 12.8. The molecule has 2 aromatic rings. The molecule has 0 radical (unpaired) electrons. The molecular weight excluding hydrogens is 422 g/mol. The van der Waals surface area contributed by atoms with E-state index in [2.05, 4.69) is 9.97 Å². The summed E-state index contributed by atoms with van der Waals surface area (Å²) in [6, 6.07) is 7.47. The molecule has 1 aromatic heterocycles. The van der Waals surface area contributed by atoms with E-state index in [9.17, 15) is 9.59 Å². The zero-order valence-electron chi connectivity index (χ0n) is 17.2. The molecule has 0 N–H and O–H groups in total. The number of aromatic nitrogens is 2. The summed E-state index contributed by atoms with van der Waals surface area (Å²) >= 11 is 5.78. The van der Waals surface area contributed by atoms with Crippen LogP contribution < -0.4 is 14.4 Å². The molecule has 2 aliphatic heterocycles. The van der Waals surface area contributed by atoms with E-state index in [1.54, 1.807) is 14.7 Å². The third kappa shape index (κ3) is 4.99. The van der Waals surface area contributed by atoms with Gasteiger partial charge in [0.1, 0.15) is 18.4 Å². The monoisotopic (exact) mass is 445 g/mol.